The first kappa shape index (κ1) is 14.7. The Hall–Kier alpha value is -3.22. The number of aromatic nitrogens is 4. The number of phenolic OH excluding ortho intramolecular Hbond substituents is 1. The summed E-state index contributed by atoms with van der Waals surface area (Å²) in [6.07, 6.45) is 5.11. The molecule has 0 saturated carbocycles. The van der Waals surface area contributed by atoms with Crippen molar-refractivity contribution in [1.29, 1.82) is 0 Å². The van der Waals surface area contributed by atoms with Gasteiger partial charge in [0.1, 0.15) is 12.1 Å². The fourth-order valence-electron chi connectivity index (χ4n) is 1.98. The number of aryl methyl sites for hydroxylation is 1. The average Bonchev–Trinajstić information content (AvgIpc) is 3.00. The number of hydrogen-bond acceptors (Lipinski definition) is 6. The highest BCUT2D eigenvalue weighted by Crippen LogP contribution is 2.12. The van der Waals surface area contributed by atoms with Gasteiger partial charge in [-0.25, -0.2) is 14.6 Å². The van der Waals surface area contributed by atoms with Crippen LogP contribution in [0.3, 0.4) is 0 Å². The zero-order chi connectivity index (χ0) is 16.2. The molecule has 0 bridgehead atoms. The monoisotopic (exact) mass is 308 g/mol. The van der Waals surface area contributed by atoms with Crippen LogP contribution in [0.2, 0.25) is 0 Å². The van der Waals surface area contributed by atoms with Gasteiger partial charge in [-0.05, 0) is 49.2 Å². The molecule has 0 unspecified atom stereocenters. The molecule has 0 radical (unpaired) electrons. The minimum absolute atomic E-state index is 0.226. The van der Waals surface area contributed by atoms with Gasteiger partial charge in [0.2, 0.25) is 0 Å². The van der Waals surface area contributed by atoms with Crippen LogP contribution in [0.15, 0.2) is 54.2 Å². The van der Waals surface area contributed by atoms with Crippen molar-refractivity contribution < 1.29 is 5.11 Å². The number of rotatable bonds is 4. The van der Waals surface area contributed by atoms with Gasteiger partial charge >= 0.3 is 0 Å². The lowest BCUT2D eigenvalue weighted by Gasteiger charge is -2.05. The van der Waals surface area contributed by atoms with E-state index in [1.54, 1.807) is 41.2 Å². The predicted molar refractivity (Wildman–Crippen MR) is 87.8 cm³/mol. The third-order valence-corrected chi connectivity index (χ3v) is 3.22. The van der Waals surface area contributed by atoms with Crippen molar-refractivity contribution >= 4 is 11.5 Å². The Morgan fingerprint density at radius 2 is 2.00 bits per heavy atom. The molecular weight excluding hydrogens is 292 g/mol. The van der Waals surface area contributed by atoms with Crippen molar-refractivity contribution in [3.05, 3.63) is 60.2 Å². The van der Waals surface area contributed by atoms with Crippen molar-refractivity contribution in [2.75, 3.05) is 5.43 Å². The van der Waals surface area contributed by atoms with E-state index in [1.807, 2.05) is 20.0 Å². The summed E-state index contributed by atoms with van der Waals surface area (Å²) in [5.74, 6) is 1.46. The first-order valence-corrected chi connectivity index (χ1v) is 7.05. The SMILES string of the molecule is C/C(=N\Nc1cc(-n2cc(C)cn2)ncn1)c1ccc(O)cc1. The molecule has 1 aromatic carbocycles. The summed E-state index contributed by atoms with van der Waals surface area (Å²) in [7, 11) is 0. The maximum absolute atomic E-state index is 9.31. The van der Waals surface area contributed by atoms with Crippen LogP contribution in [0, 0.1) is 6.92 Å². The van der Waals surface area contributed by atoms with Gasteiger partial charge in [-0.15, -0.1) is 0 Å². The number of hydrazone groups is 1. The van der Waals surface area contributed by atoms with Crippen LogP contribution in [0.1, 0.15) is 18.1 Å². The molecule has 0 aliphatic rings. The van der Waals surface area contributed by atoms with Crippen molar-refractivity contribution in [2.24, 2.45) is 5.10 Å². The quantitative estimate of drug-likeness (QED) is 0.571. The van der Waals surface area contributed by atoms with Crippen LogP contribution >= 0.6 is 0 Å². The Balaban J connectivity index is 1.78. The number of benzene rings is 1. The second-order valence-corrected chi connectivity index (χ2v) is 5.08. The second-order valence-electron chi connectivity index (χ2n) is 5.08. The van der Waals surface area contributed by atoms with E-state index in [4.69, 9.17) is 0 Å². The van der Waals surface area contributed by atoms with Gasteiger partial charge in [0, 0.05) is 12.3 Å². The number of nitrogens with one attached hydrogen (secondary N) is 1. The van der Waals surface area contributed by atoms with E-state index in [2.05, 4.69) is 25.6 Å². The minimum Gasteiger partial charge on any atom is -0.508 e. The first-order valence-electron chi connectivity index (χ1n) is 7.05. The molecular formula is C16H16N6O. The summed E-state index contributed by atoms with van der Waals surface area (Å²) < 4.78 is 1.68. The van der Waals surface area contributed by atoms with Gasteiger partial charge in [0.25, 0.3) is 0 Å². The van der Waals surface area contributed by atoms with Gasteiger partial charge in [-0.3, -0.25) is 5.43 Å². The van der Waals surface area contributed by atoms with Gasteiger partial charge in [-0.1, -0.05) is 0 Å². The molecule has 3 aromatic rings. The molecule has 0 spiro atoms. The first-order chi connectivity index (χ1) is 11.1. The van der Waals surface area contributed by atoms with E-state index in [1.165, 1.54) is 6.33 Å². The molecule has 3 rings (SSSR count). The lowest BCUT2D eigenvalue weighted by molar-refractivity contribution is 0.475. The fraction of sp³-hybridized carbons (Fsp3) is 0.125. The normalized spacial score (nSPS) is 11.5. The van der Waals surface area contributed by atoms with Gasteiger partial charge < -0.3 is 5.11 Å². The summed E-state index contributed by atoms with van der Waals surface area (Å²) in [6.45, 7) is 3.84. The van der Waals surface area contributed by atoms with Gasteiger partial charge in [-0.2, -0.15) is 10.2 Å². The maximum Gasteiger partial charge on any atom is 0.158 e. The minimum atomic E-state index is 0.226. The highest BCUT2D eigenvalue weighted by molar-refractivity contribution is 5.99. The smallest absolute Gasteiger partial charge is 0.158 e. The lowest BCUT2D eigenvalue weighted by Crippen LogP contribution is -2.03. The topological polar surface area (TPSA) is 88.2 Å². The Morgan fingerprint density at radius 3 is 2.70 bits per heavy atom. The van der Waals surface area contributed by atoms with Crippen LogP contribution in [0.25, 0.3) is 5.82 Å². The van der Waals surface area contributed by atoms with E-state index < -0.39 is 0 Å². The van der Waals surface area contributed by atoms with Crippen molar-refractivity contribution in [1.82, 2.24) is 19.7 Å². The molecule has 0 amide bonds. The number of aromatic hydroxyl groups is 1. The third kappa shape index (κ3) is 3.52. The lowest BCUT2D eigenvalue weighted by atomic mass is 10.1. The van der Waals surface area contributed by atoms with E-state index in [0.29, 0.717) is 11.6 Å². The summed E-state index contributed by atoms with van der Waals surface area (Å²) >= 11 is 0. The van der Waals surface area contributed by atoms with Crippen LogP contribution in [-0.2, 0) is 0 Å². The Kier molecular flexibility index (Phi) is 4.01. The standard InChI is InChI=1S/C16H16N6O/c1-11-8-19-22(9-11)16-7-15(17-10-18-16)21-20-12(2)13-3-5-14(23)6-4-13/h3-10,23H,1-2H3,(H,17,18,21)/b20-12+. The molecule has 0 saturated heterocycles. The molecule has 116 valence electrons. The molecule has 23 heavy (non-hydrogen) atoms. The highest BCUT2D eigenvalue weighted by atomic mass is 16.3. The van der Waals surface area contributed by atoms with Gasteiger partial charge in [0.05, 0.1) is 11.9 Å². The van der Waals surface area contributed by atoms with Crippen molar-refractivity contribution in [3.63, 3.8) is 0 Å². The van der Waals surface area contributed by atoms with Crippen molar-refractivity contribution in [2.45, 2.75) is 13.8 Å². The zero-order valence-electron chi connectivity index (χ0n) is 12.8. The number of anilines is 1. The van der Waals surface area contributed by atoms with Crippen LogP contribution in [-0.4, -0.2) is 30.6 Å². The van der Waals surface area contributed by atoms with Crippen LogP contribution in [0.5, 0.6) is 5.75 Å². The largest absolute Gasteiger partial charge is 0.508 e. The predicted octanol–water partition coefficient (Wildman–Crippen LogP) is 2.51. The summed E-state index contributed by atoms with van der Waals surface area (Å²) in [4.78, 5) is 8.33. The zero-order valence-corrected chi connectivity index (χ0v) is 12.8. The van der Waals surface area contributed by atoms with E-state index in [-0.39, 0.29) is 5.75 Å². The molecule has 0 aliphatic carbocycles. The van der Waals surface area contributed by atoms with E-state index in [0.717, 1.165) is 16.8 Å². The molecule has 2 heterocycles. The molecule has 0 aliphatic heterocycles. The highest BCUT2D eigenvalue weighted by Gasteiger charge is 2.03. The summed E-state index contributed by atoms with van der Waals surface area (Å²) in [5.41, 5.74) is 5.65. The van der Waals surface area contributed by atoms with Crippen molar-refractivity contribution in [3.8, 4) is 11.6 Å². The summed E-state index contributed by atoms with van der Waals surface area (Å²) in [5, 5.41) is 17.8. The Labute approximate surface area is 133 Å². The number of nitrogens with zero attached hydrogens (tertiary/aromatic N) is 5. The fourth-order valence-corrected chi connectivity index (χ4v) is 1.98. The second kappa shape index (κ2) is 6.27. The molecule has 0 fully saturated rings. The third-order valence-electron chi connectivity index (χ3n) is 3.22. The molecule has 2 aromatic heterocycles. The van der Waals surface area contributed by atoms with Crippen LogP contribution < -0.4 is 5.43 Å². The maximum atomic E-state index is 9.31. The Morgan fingerprint density at radius 1 is 1.22 bits per heavy atom. The average molecular weight is 308 g/mol. The van der Waals surface area contributed by atoms with Crippen LogP contribution in [0.4, 0.5) is 5.82 Å². The van der Waals surface area contributed by atoms with E-state index >= 15 is 0 Å². The molecule has 0 atom stereocenters. The molecule has 7 nitrogen and oxygen atoms in total. The Bertz CT molecular complexity index is 838. The molecule has 7 heteroatoms. The van der Waals surface area contributed by atoms with E-state index in [9.17, 15) is 5.11 Å². The van der Waals surface area contributed by atoms with Gasteiger partial charge in [0.15, 0.2) is 11.6 Å². The number of hydrogen-bond donors (Lipinski definition) is 2. The molecule has 2 N–H and O–H groups in total. The summed E-state index contributed by atoms with van der Waals surface area (Å²) in [6, 6.07) is 8.61. The number of phenols is 1.